The van der Waals surface area contributed by atoms with Gasteiger partial charge in [-0.25, -0.2) is 75.3 Å². The first kappa shape index (κ1) is 49.0. The molecule has 1 heterocycles. The fourth-order valence-electron chi connectivity index (χ4n) is 9.38. The van der Waals surface area contributed by atoms with Gasteiger partial charge in [-0.15, -0.1) is 22.7 Å². The number of anilines is 1. The summed E-state index contributed by atoms with van der Waals surface area (Å²) in [6.45, 7) is 14.4. The molecule has 5 aromatic rings. The average molecular weight is 931 g/mol. The first-order chi connectivity index (χ1) is 30.3. The van der Waals surface area contributed by atoms with Crippen molar-refractivity contribution in [2.75, 3.05) is 11.4 Å². The molecule has 0 unspecified atom stereocenters. The molecular formula is C47H42BF15N2. The van der Waals surface area contributed by atoms with Crippen LogP contribution in [-0.2, 0) is 0 Å². The molecule has 65 heavy (non-hydrogen) atoms. The van der Waals surface area contributed by atoms with Gasteiger partial charge in [0.25, 0.3) is 0 Å². The maximum Gasteiger partial charge on any atom is 0.244 e. The van der Waals surface area contributed by atoms with E-state index in [1.807, 2.05) is 45.9 Å². The fraction of sp³-hybridized carbons (Fsp3) is 0.340. The normalized spacial score (nSPS) is 14.8. The standard InChI is InChI=1S/C47H42BF15N2/c1-19(2)24-11-9-12-25(20(3)4)46(24)64-16-15-23(65(18-64)47-26(21(5)6)13-10-14-27(47)22(7)8)17-48(28-31(49)37(55)43(61)38(56)32(28)50,29-33(51)39(57)44(62)40(58)34(29)52)30-35(53)41(59)45(63)42(60)36(30)54/h9-14,18-23H,15-17H2,1-8H3/t23-/m0/s1. The van der Waals surface area contributed by atoms with Gasteiger partial charge >= 0.3 is 0 Å². The summed E-state index contributed by atoms with van der Waals surface area (Å²) in [5.74, 6) is -46.2. The van der Waals surface area contributed by atoms with E-state index in [2.05, 4.69) is 0 Å². The number of hydrogen-bond donors (Lipinski definition) is 0. The van der Waals surface area contributed by atoms with Crippen molar-refractivity contribution in [2.45, 2.75) is 97.8 Å². The van der Waals surface area contributed by atoms with E-state index >= 15 is 52.7 Å². The van der Waals surface area contributed by atoms with Crippen LogP contribution in [0.25, 0.3) is 0 Å². The van der Waals surface area contributed by atoms with Gasteiger partial charge < -0.3 is 0 Å². The first-order valence-corrected chi connectivity index (χ1v) is 20.7. The third-order valence-corrected chi connectivity index (χ3v) is 12.4. The molecule has 2 nitrogen and oxygen atoms in total. The second-order valence-electron chi connectivity index (χ2n) is 17.6. The van der Waals surface area contributed by atoms with Crippen LogP contribution in [0.1, 0.15) is 108 Å². The van der Waals surface area contributed by atoms with Crippen LogP contribution in [0.2, 0.25) is 6.32 Å². The van der Waals surface area contributed by atoms with Crippen molar-refractivity contribution < 1.29 is 70.4 Å². The second-order valence-corrected chi connectivity index (χ2v) is 17.6. The molecule has 1 atom stereocenters. The van der Waals surface area contributed by atoms with Gasteiger partial charge in [0.15, 0.2) is 52.4 Å². The summed E-state index contributed by atoms with van der Waals surface area (Å²) < 4.78 is 239. The minimum Gasteiger partial charge on any atom is -0.234 e. The van der Waals surface area contributed by atoms with Crippen molar-refractivity contribution in [1.29, 1.82) is 0 Å². The fourth-order valence-corrected chi connectivity index (χ4v) is 9.38. The lowest BCUT2D eigenvalue weighted by molar-refractivity contribution is -0.443. The summed E-state index contributed by atoms with van der Waals surface area (Å²) in [5.41, 5.74) is -4.41. The van der Waals surface area contributed by atoms with Crippen LogP contribution in [-0.4, -0.2) is 29.6 Å². The molecule has 0 radical (unpaired) electrons. The molecule has 0 fully saturated rings. The topological polar surface area (TPSA) is 6.25 Å². The predicted molar refractivity (Wildman–Crippen MR) is 219 cm³/mol. The first-order valence-electron chi connectivity index (χ1n) is 20.7. The summed E-state index contributed by atoms with van der Waals surface area (Å²) in [6, 6.07) is 8.64. The molecule has 0 saturated heterocycles. The van der Waals surface area contributed by atoms with E-state index in [0.717, 1.165) is 11.1 Å². The summed E-state index contributed by atoms with van der Waals surface area (Å²) in [5, 5.41) is 0. The van der Waals surface area contributed by atoms with Crippen LogP contribution >= 0.6 is 0 Å². The van der Waals surface area contributed by atoms with Crippen LogP contribution in [0.4, 0.5) is 77.2 Å². The van der Waals surface area contributed by atoms with Crippen molar-refractivity contribution >= 4 is 40.2 Å². The number of halogens is 15. The van der Waals surface area contributed by atoms with Crippen molar-refractivity contribution in [2.24, 2.45) is 0 Å². The average Bonchev–Trinajstić information content (AvgIpc) is 3.27. The molecule has 0 aromatic heterocycles. The SMILES string of the molecule is CC(C)c1cccc(C(C)C)c1N1C=[N+](c2c(C(C)C)cccc2C(C)C)CC[C@H]1C[B-](c1c(F)c(F)c(F)c(F)c1F)(c1c(F)c(F)c(F)c(F)c1F)c1c(F)c(F)c(F)c(F)c1F. The Morgan fingerprint density at radius 1 is 0.446 bits per heavy atom. The molecule has 0 spiro atoms. The van der Waals surface area contributed by atoms with E-state index in [1.54, 1.807) is 50.5 Å². The van der Waals surface area contributed by atoms with Crippen LogP contribution < -0.4 is 21.3 Å². The summed E-state index contributed by atoms with van der Waals surface area (Å²) in [4.78, 5) is 1.33. The summed E-state index contributed by atoms with van der Waals surface area (Å²) in [7, 11) is 0. The van der Waals surface area contributed by atoms with Gasteiger partial charge in [-0.05, 0) is 23.7 Å². The molecule has 0 N–H and O–H groups in total. The molecule has 18 heteroatoms. The minimum atomic E-state index is -5.82. The van der Waals surface area contributed by atoms with E-state index in [4.69, 9.17) is 0 Å². The summed E-state index contributed by atoms with van der Waals surface area (Å²) in [6.07, 6.45) is -6.68. The number of para-hydroxylation sites is 2. The second kappa shape index (κ2) is 18.1. The Morgan fingerprint density at radius 2 is 0.723 bits per heavy atom. The third kappa shape index (κ3) is 7.85. The van der Waals surface area contributed by atoms with E-state index < -0.39 is 140 Å². The van der Waals surface area contributed by atoms with Gasteiger partial charge in [0.1, 0.15) is 52.4 Å². The summed E-state index contributed by atoms with van der Waals surface area (Å²) >= 11 is 0. The van der Waals surface area contributed by atoms with Gasteiger partial charge in [-0.2, -0.15) is 0 Å². The lowest BCUT2D eigenvalue weighted by atomic mass is 9.13. The molecule has 0 aliphatic carbocycles. The van der Waals surface area contributed by atoms with Crippen molar-refractivity contribution in [3.05, 3.63) is 146 Å². The minimum absolute atomic E-state index is 0.147. The van der Waals surface area contributed by atoms with Crippen LogP contribution in [0.3, 0.4) is 0 Å². The van der Waals surface area contributed by atoms with Crippen molar-refractivity contribution in [1.82, 2.24) is 0 Å². The Hall–Kier alpha value is -5.42. The quantitative estimate of drug-likeness (QED) is 0.0421. The number of rotatable bonds is 11. The lowest BCUT2D eigenvalue weighted by Gasteiger charge is -2.47. The van der Waals surface area contributed by atoms with Crippen LogP contribution in [0, 0.1) is 87.3 Å². The lowest BCUT2D eigenvalue weighted by Crippen LogP contribution is -2.75. The van der Waals surface area contributed by atoms with Gasteiger partial charge in [0, 0.05) is 28.7 Å². The highest BCUT2D eigenvalue weighted by molar-refractivity contribution is 7.11. The van der Waals surface area contributed by atoms with Gasteiger partial charge in [0.2, 0.25) is 6.34 Å². The van der Waals surface area contributed by atoms with Gasteiger partial charge in [0.05, 0.1) is 12.6 Å². The zero-order valence-electron chi connectivity index (χ0n) is 36.2. The Balaban J connectivity index is 1.91. The predicted octanol–water partition coefficient (Wildman–Crippen LogP) is 12.4. The highest BCUT2D eigenvalue weighted by Gasteiger charge is 2.51. The Kier molecular flexibility index (Phi) is 13.7. The van der Waals surface area contributed by atoms with E-state index in [0.29, 0.717) is 16.8 Å². The molecule has 348 valence electrons. The number of benzene rings is 5. The van der Waals surface area contributed by atoms with Crippen molar-refractivity contribution in [3.8, 4) is 0 Å². The zero-order valence-corrected chi connectivity index (χ0v) is 36.2. The maximum atomic E-state index is 16.6. The molecule has 1 aliphatic rings. The third-order valence-electron chi connectivity index (χ3n) is 12.4. The Morgan fingerprint density at radius 3 is 1.02 bits per heavy atom. The molecule has 5 aromatic carbocycles. The van der Waals surface area contributed by atoms with Crippen LogP contribution in [0.5, 0.6) is 0 Å². The van der Waals surface area contributed by atoms with E-state index in [9.17, 15) is 13.2 Å². The van der Waals surface area contributed by atoms with Crippen molar-refractivity contribution in [3.63, 3.8) is 0 Å². The van der Waals surface area contributed by atoms with Crippen LogP contribution in [0.15, 0.2) is 36.4 Å². The van der Waals surface area contributed by atoms with E-state index in [-0.39, 0.29) is 24.1 Å². The molecule has 0 saturated carbocycles. The smallest absolute Gasteiger partial charge is 0.234 e. The molecule has 0 bridgehead atoms. The number of hydrogen-bond acceptors (Lipinski definition) is 1. The molecule has 0 amide bonds. The highest BCUT2D eigenvalue weighted by atomic mass is 19.2. The molecule has 6 rings (SSSR count). The zero-order chi connectivity index (χ0) is 48.5. The number of nitrogens with zero attached hydrogens (tertiary/aromatic N) is 2. The molecule has 1 aliphatic heterocycles. The largest absolute Gasteiger partial charge is 0.244 e. The maximum absolute atomic E-state index is 16.6. The van der Waals surface area contributed by atoms with Gasteiger partial charge in [-0.1, -0.05) is 91.8 Å². The Bertz CT molecular complexity index is 2440. The Labute approximate surface area is 365 Å². The molecular weight excluding hydrogens is 888 g/mol. The van der Waals surface area contributed by atoms with E-state index in [1.165, 1.54) is 11.2 Å². The van der Waals surface area contributed by atoms with Gasteiger partial charge in [-0.3, -0.25) is 0 Å². The monoisotopic (exact) mass is 930 g/mol. The highest BCUT2D eigenvalue weighted by Crippen LogP contribution is 2.42.